The number of thiazole rings is 1. The summed E-state index contributed by atoms with van der Waals surface area (Å²) < 4.78 is 3.06. The van der Waals surface area contributed by atoms with E-state index < -0.39 is 0 Å². The van der Waals surface area contributed by atoms with Crippen LogP contribution < -0.4 is 4.90 Å². The number of carbonyl (C=O) groups excluding carboxylic acids is 1. The summed E-state index contributed by atoms with van der Waals surface area (Å²) in [6.45, 7) is 7.20. The molecule has 0 unspecified atom stereocenters. The zero-order chi connectivity index (χ0) is 21.4. The molecule has 158 valence electrons. The molecule has 31 heavy (non-hydrogen) atoms. The minimum absolute atomic E-state index is 0.0690. The summed E-state index contributed by atoms with van der Waals surface area (Å²) in [7, 11) is 0. The van der Waals surface area contributed by atoms with E-state index in [0.29, 0.717) is 12.1 Å². The second-order valence-electron chi connectivity index (χ2n) is 7.85. The van der Waals surface area contributed by atoms with Gasteiger partial charge < -0.3 is 9.80 Å². The van der Waals surface area contributed by atoms with E-state index in [1.165, 1.54) is 5.56 Å². The molecular weight excluding hydrogens is 408 g/mol. The molecule has 1 aromatic carbocycles. The van der Waals surface area contributed by atoms with Crippen LogP contribution >= 0.6 is 11.3 Å². The molecule has 4 heterocycles. The summed E-state index contributed by atoms with van der Waals surface area (Å²) in [5, 5.41) is 5.72. The van der Waals surface area contributed by atoms with E-state index in [9.17, 15) is 4.79 Å². The van der Waals surface area contributed by atoms with Gasteiger partial charge in [0, 0.05) is 44.1 Å². The van der Waals surface area contributed by atoms with E-state index in [-0.39, 0.29) is 5.91 Å². The highest BCUT2D eigenvalue weighted by molar-refractivity contribution is 7.22. The van der Waals surface area contributed by atoms with E-state index in [1.807, 2.05) is 22.6 Å². The van der Waals surface area contributed by atoms with E-state index in [2.05, 4.69) is 35.0 Å². The van der Waals surface area contributed by atoms with Crippen molar-refractivity contribution in [2.75, 3.05) is 31.1 Å². The first kappa shape index (κ1) is 19.7. The Kier molecular flexibility index (Phi) is 5.15. The van der Waals surface area contributed by atoms with Gasteiger partial charge in [-0.05, 0) is 50.1 Å². The maximum Gasteiger partial charge on any atom is 0.254 e. The minimum Gasteiger partial charge on any atom is -0.346 e. The smallest absolute Gasteiger partial charge is 0.254 e. The number of hydrogen-bond donors (Lipinski definition) is 0. The lowest BCUT2D eigenvalue weighted by Gasteiger charge is -2.21. The Morgan fingerprint density at radius 3 is 2.68 bits per heavy atom. The summed E-state index contributed by atoms with van der Waals surface area (Å²) in [5.41, 5.74) is 4.81. The zero-order valence-electron chi connectivity index (χ0n) is 17.7. The van der Waals surface area contributed by atoms with Crippen LogP contribution in [0.3, 0.4) is 0 Å². The number of pyridine rings is 1. The fourth-order valence-electron chi connectivity index (χ4n) is 3.99. The summed E-state index contributed by atoms with van der Waals surface area (Å²) in [4.78, 5) is 26.0. The van der Waals surface area contributed by atoms with E-state index in [0.717, 1.165) is 52.9 Å². The van der Waals surface area contributed by atoms with Crippen LogP contribution in [0.25, 0.3) is 16.0 Å². The monoisotopic (exact) mass is 432 g/mol. The molecule has 0 radical (unpaired) electrons. The number of aryl methyl sites for hydroxylation is 2. The number of rotatable bonds is 3. The van der Waals surface area contributed by atoms with Gasteiger partial charge in [-0.25, -0.2) is 4.68 Å². The Labute approximate surface area is 185 Å². The molecule has 5 rings (SSSR count). The van der Waals surface area contributed by atoms with Gasteiger partial charge in [0.2, 0.25) is 0 Å². The van der Waals surface area contributed by atoms with Crippen molar-refractivity contribution >= 4 is 32.7 Å². The molecular formula is C23H24N6OS. The van der Waals surface area contributed by atoms with Crippen LogP contribution in [0, 0.1) is 13.8 Å². The van der Waals surface area contributed by atoms with Crippen molar-refractivity contribution < 1.29 is 4.79 Å². The van der Waals surface area contributed by atoms with E-state index >= 15 is 0 Å². The van der Waals surface area contributed by atoms with Crippen LogP contribution in [0.1, 0.15) is 28.0 Å². The number of hydrogen-bond acceptors (Lipinski definition) is 6. The second kappa shape index (κ2) is 8.11. The molecule has 1 aliphatic heterocycles. The quantitative estimate of drug-likeness (QED) is 0.492. The molecule has 0 spiro atoms. The van der Waals surface area contributed by atoms with Gasteiger partial charge >= 0.3 is 0 Å². The van der Waals surface area contributed by atoms with Gasteiger partial charge in [-0.2, -0.15) is 10.1 Å². The van der Waals surface area contributed by atoms with E-state index in [4.69, 9.17) is 10.1 Å². The summed E-state index contributed by atoms with van der Waals surface area (Å²) in [6.07, 6.45) is 4.24. The first-order valence-corrected chi connectivity index (χ1v) is 11.3. The SMILES string of the molecule is Cc1cccc(-n2nc(C)c3sc(N4CCCN(C(=O)c5ccncc5)CC4)nc32)c1. The third kappa shape index (κ3) is 3.79. The van der Waals surface area contributed by atoms with Crippen molar-refractivity contribution in [2.45, 2.75) is 20.3 Å². The molecule has 1 aliphatic rings. The normalized spacial score (nSPS) is 14.8. The zero-order valence-corrected chi connectivity index (χ0v) is 18.5. The topological polar surface area (TPSA) is 67.2 Å². The number of anilines is 1. The number of aromatic nitrogens is 4. The van der Waals surface area contributed by atoms with Crippen molar-refractivity contribution in [3.8, 4) is 5.69 Å². The predicted molar refractivity (Wildman–Crippen MR) is 123 cm³/mol. The number of fused-ring (bicyclic) bond motifs is 1. The van der Waals surface area contributed by atoms with Gasteiger partial charge in [-0.15, -0.1) is 0 Å². The highest BCUT2D eigenvalue weighted by Crippen LogP contribution is 2.33. The lowest BCUT2D eigenvalue weighted by molar-refractivity contribution is 0.0767. The fraction of sp³-hybridized carbons (Fsp3) is 0.304. The largest absolute Gasteiger partial charge is 0.346 e. The molecule has 1 saturated heterocycles. The minimum atomic E-state index is 0.0690. The molecule has 8 heteroatoms. The van der Waals surface area contributed by atoms with Crippen molar-refractivity contribution in [3.63, 3.8) is 0 Å². The van der Waals surface area contributed by atoms with Crippen LogP contribution in [-0.2, 0) is 0 Å². The fourth-order valence-corrected chi connectivity index (χ4v) is 5.03. The van der Waals surface area contributed by atoms with Crippen LogP contribution in [0.4, 0.5) is 5.13 Å². The first-order chi connectivity index (χ1) is 15.1. The van der Waals surface area contributed by atoms with Crippen molar-refractivity contribution in [2.24, 2.45) is 0 Å². The number of carbonyl (C=O) groups is 1. The van der Waals surface area contributed by atoms with Crippen LogP contribution in [0.5, 0.6) is 0 Å². The molecule has 1 amide bonds. The highest BCUT2D eigenvalue weighted by Gasteiger charge is 2.23. The van der Waals surface area contributed by atoms with Gasteiger partial charge in [0.1, 0.15) is 0 Å². The second-order valence-corrected chi connectivity index (χ2v) is 8.83. The van der Waals surface area contributed by atoms with Gasteiger partial charge in [0.25, 0.3) is 5.91 Å². The molecule has 3 aromatic heterocycles. The Morgan fingerprint density at radius 2 is 1.87 bits per heavy atom. The lowest BCUT2D eigenvalue weighted by atomic mass is 10.2. The average molecular weight is 433 g/mol. The van der Waals surface area contributed by atoms with Crippen LogP contribution in [0.15, 0.2) is 48.8 Å². The molecule has 1 fully saturated rings. The number of nitrogens with zero attached hydrogens (tertiary/aromatic N) is 6. The number of amides is 1. The molecule has 0 atom stereocenters. The molecule has 7 nitrogen and oxygen atoms in total. The Morgan fingerprint density at radius 1 is 1.03 bits per heavy atom. The standard InChI is InChI=1S/C23H24N6OS/c1-16-5-3-6-19(15-16)29-21-20(17(2)26-29)31-23(25-21)28-12-4-11-27(13-14-28)22(30)18-7-9-24-10-8-18/h3,5-10,15H,4,11-14H2,1-2H3. The van der Waals surface area contributed by atoms with Gasteiger partial charge in [0.05, 0.1) is 16.1 Å². The highest BCUT2D eigenvalue weighted by atomic mass is 32.1. The lowest BCUT2D eigenvalue weighted by Crippen LogP contribution is -2.35. The van der Waals surface area contributed by atoms with E-state index in [1.54, 1.807) is 35.9 Å². The summed E-state index contributed by atoms with van der Waals surface area (Å²) in [5.74, 6) is 0.0690. The first-order valence-electron chi connectivity index (χ1n) is 10.5. The average Bonchev–Trinajstić information content (AvgIpc) is 3.25. The molecule has 0 N–H and O–H groups in total. The maximum atomic E-state index is 12.8. The van der Waals surface area contributed by atoms with Gasteiger partial charge in [0.15, 0.2) is 10.8 Å². The van der Waals surface area contributed by atoms with Gasteiger partial charge in [-0.3, -0.25) is 9.78 Å². The third-order valence-electron chi connectivity index (χ3n) is 5.60. The Balaban J connectivity index is 1.39. The maximum absolute atomic E-state index is 12.8. The Bertz CT molecular complexity index is 1230. The molecule has 0 aliphatic carbocycles. The van der Waals surface area contributed by atoms with Gasteiger partial charge in [-0.1, -0.05) is 23.5 Å². The van der Waals surface area contributed by atoms with Crippen LogP contribution in [-0.4, -0.2) is 56.7 Å². The predicted octanol–water partition coefficient (Wildman–Crippen LogP) is 3.85. The van der Waals surface area contributed by atoms with Crippen molar-refractivity contribution in [1.82, 2.24) is 24.6 Å². The van der Waals surface area contributed by atoms with Crippen LogP contribution in [0.2, 0.25) is 0 Å². The van der Waals surface area contributed by atoms with Crippen molar-refractivity contribution in [3.05, 3.63) is 65.6 Å². The summed E-state index contributed by atoms with van der Waals surface area (Å²) in [6, 6.07) is 11.9. The van der Waals surface area contributed by atoms with Crippen molar-refractivity contribution in [1.29, 1.82) is 0 Å². The summed E-state index contributed by atoms with van der Waals surface area (Å²) >= 11 is 1.69. The molecule has 0 saturated carbocycles. The Hall–Kier alpha value is -3.26. The third-order valence-corrected chi connectivity index (χ3v) is 6.82. The molecule has 4 aromatic rings. The number of benzene rings is 1. The molecule has 0 bridgehead atoms.